The topological polar surface area (TPSA) is 29.1 Å². The molecule has 2 aromatic rings. The largest absolute Gasteiger partial charge is 0.355 e. The molecule has 0 saturated heterocycles. The third-order valence-electron chi connectivity index (χ3n) is 4.02. The molecule has 0 unspecified atom stereocenters. The number of amides is 1. The van der Waals surface area contributed by atoms with Crippen LogP contribution >= 0.6 is 0 Å². The summed E-state index contributed by atoms with van der Waals surface area (Å²) in [5, 5.41) is 2.73. The standard InChI is InChI=1S/C19H23NO/c1-13-8-9-16(15(3)12-13)10-11-17-14(2)6-5-7-18(17)19(21)20-4/h5-9,12H,10-11H2,1-4H3,(H,20,21). The molecule has 0 heterocycles. The van der Waals surface area contributed by atoms with Crippen LogP contribution in [-0.2, 0) is 12.8 Å². The van der Waals surface area contributed by atoms with E-state index < -0.39 is 0 Å². The smallest absolute Gasteiger partial charge is 0.251 e. The summed E-state index contributed by atoms with van der Waals surface area (Å²) in [6.45, 7) is 6.34. The van der Waals surface area contributed by atoms with Gasteiger partial charge in [-0.1, -0.05) is 35.9 Å². The Morgan fingerprint density at radius 1 is 1.00 bits per heavy atom. The fourth-order valence-corrected chi connectivity index (χ4v) is 2.77. The number of rotatable bonds is 4. The van der Waals surface area contributed by atoms with Crippen LogP contribution in [0.15, 0.2) is 36.4 Å². The van der Waals surface area contributed by atoms with Gasteiger partial charge in [0.25, 0.3) is 5.91 Å². The van der Waals surface area contributed by atoms with Crippen LogP contribution in [0.1, 0.15) is 38.2 Å². The van der Waals surface area contributed by atoms with Gasteiger partial charge >= 0.3 is 0 Å². The van der Waals surface area contributed by atoms with E-state index in [9.17, 15) is 4.79 Å². The maximum atomic E-state index is 12.0. The molecule has 110 valence electrons. The van der Waals surface area contributed by atoms with Gasteiger partial charge in [0.1, 0.15) is 0 Å². The van der Waals surface area contributed by atoms with E-state index in [-0.39, 0.29) is 5.91 Å². The Kier molecular flexibility index (Phi) is 4.79. The quantitative estimate of drug-likeness (QED) is 0.908. The zero-order valence-corrected chi connectivity index (χ0v) is 13.3. The summed E-state index contributed by atoms with van der Waals surface area (Å²) in [7, 11) is 1.68. The number of benzene rings is 2. The molecule has 2 nitrogen and oxygen atoms in total. The van der Waals surface area contributed by atoms with E-state index in [0.717, 1.165) is 24.0 Å². The molecule has 0 atom stereocenters. The van der Waals surface area contributed by atoms with Gasteiger partial charge in [-0.2, -0.15) is 0 Å². The fourth-order valence-electron chi connectivity index (χ4n) is 2.77. The molecule has 0 aliphatic rings. The van der Waals surface area contributed by atoms with Gasteiger partial charge in [-0.3, -0.25) is 4.79 Å². The van der Waals surface area contributed by atoms with Crippen molar-refractivity contribution in [3.05, 3.63) is 69.8 Å². The Morgan fingerprint density at radius 2 is 1.76 bits per heavy atom. The zero-order valence-electron chi connectivity index (χ0n) is 13.3. The average Bonchev–Trinajstić information content (AvgIpc) is 2.46. The van der Waals surface area contributed by atoms with E-state index in [1.54, 1.807) is 7.05 Å². The number of aryl methyl sites for hydroxylation is 4. The maximum Gasteiger partial charge on any atom is 0.251 e. The summed E-state index contributed by atoms with van der Waals surface area (Å²) in [6.07, 6.45) is 1.85. The number of hydrogen-bond acceptors (Lipinski definition) is 1. The first kappa shape index (κ1) is 15.3. The van der Waals surface area contributed by atoms with Gasteiger partial charge in [0.2, 0.25) is 0 Å². The van der Waals surface area contributed by atoms with Crippen LogP contribution in [0.5, 0.6) is 0 Å². The highest BCUT2D eigenvalue weighted by atomic mass is 16.1. The van der Waals surface area contributed by atoms with Crippen LogP contribution < -0.4 is 5.32 Å². The van der Waals surface area contributed by atoms with Gasteiger partial charge in [0, 0.05) is 12.6 Å². The van der Waals surface area contributed by atoms with Crippen LogP contribution in [0.25, 0.3) is 0 Å². The Bertz CT molecular complexity index is 659. The first-order chi connectivity index (χ1) is 10.0. The van der Waals surface area contributed by atoms with Crippen LogP contribution in [-0.4, -0.2) is 13.0 Å². The summed E-state index contributed by atoms with van der Waals surface area (Å²) >= 11 is 0. The second-order valence-corrected chi connectivity index (χ2v) is 5.61. The lowest BCUT2D eigenvalue weighted by Gasteiger charge is -2.13. The Balaban J connectivity index is 2.25. The van der Waals surface area contributed by atoms with Crippen molar-refractivity contribution in [2.45, 2.75) is 33.6 Å². The molecular formula is C19H23NO. The summed E-state index contributed by atoms with van der Waals surface area (Å²) in [5.74, 6) is -0.00525. The van der Waals surface area contributed by atoms with Crippen molar-refractivity contribution in [2.75, 3.05) is 7.05 Å². The van der Waals surface area contributed by atoms with Crippen molar-refractivity contribution in [3.63, 3.8) is 0 Å². The number of hydrogen-bond donors (Lipinski definition) is 1. The Hall–Kier alpha value is -2.09. The van der Waals surface area contributed by atoms with Crippen molar-refractivity contribution in [3.8, 4) is 0 Å². The Morgan fingerprint density at radius 3 is 2.43 bits per heavy atom. The van der Waals surface area contributed by atoms with Crippen LogP contribution in [0.3, 0.4) is 0 Å². The molecule has 0 radical (unpaired) electrons. The van der Waals surface area contributed by atoms with Crippen LogP contribution in [0.4, 0.5) is 0 Å². The minimum atomic E-state index is -0.00525. The van der Waals surface area contributed by atoms with Crippen molar-refractivity contribution in [1.82, 2.24) is 5.32 Å². The van der Waals surface area contributed by atoms with E-state index in [4.69, 9.17) is 0 Å². The lowest BCUT2D eigenvalue weighted by molar-refractivity contribution is 0.0962. The molecular weight excluding hydrogens is 258 g/mol. The molecule has 0 aliphatic carbocycles. The summed E-state index contributed by atoms with van der Waals surface area (Å²) < 4.78 is 0. The molecule has 0 fully saturated rings. The summed E-state index contributed by atoms with van der Waals surface area (Å²) in [5.41, 5.74) is 7.09. The SMILES string of the molecule is CNC(=O)c1cccc(C)c1CCc1ccc(C)cc1C. The van der Waals surface area contributed by atoms with Crippen LogP contribution in [0.2, 0.25) is 0 Å². The third kappa shape index (κ3) is 3.52. The maximum absolute atomic E-state index is 12.0. The molecule has 2 heteroatoms. The minimum absolute atomic E-state index is 0.00525. The number of carbonyl (C=O) groups is 1. The van der Waals surface area contributed by atoms with Crippen LogP contribution in [0, 0.1) is 20.8 Å². The van der Waals surface area contributed by atoms with Crippen molar-refractivity contribution < 1.29 is 4.79 Å². The molecule has 0 aromatic heterocycles. The highest BCUT2D eigenvalue weighted by Crippen LogP contribution is 2.19. The highest BCUT2D eigenvalue weighted by molar-refractivity contribution is 5.95. The lowest BCUT2D eigenvalue weighted by atomic mass is 9.93. The second-order valence-electron chi connectivity index (χ2n) is 5.61. The molecule has 21 heavy (non-hydrogen) atoms. The molecule has 1 amide bonds. The Labute approximate surface area is 127 Å². The molecule has 1 N–H and O–H groups in total. The van der Waals surface area contributed by atoms with E-state index in [1.807, 2.05) is 12.1 Å². The lowest BCUT2D eigenvalue weighted by Crippen LogP contribution is -2.20. The second kappa shape index (κ2) is 6.57. The molecule has 2 aromatic carbocycles. The first-order valence-corrected chi connectivity index (χ1v) is 7.39. The van der Waals surface area contributed by atoms with Gasteiger partial charge in [-0.15, -0.1) is 0 Å². The molecule has 0 saturated carbocycles. The fraction of sp³-hybridized carbons (Fsp3) is 0.316. The molecule has 2 rings (SSSR count). The van der Waals surface area contributed by atoms with Gasteiger partial charge in [-0.25, -0.2) is 0 Å². The van der Waals surface area contributed by atoms with Gasteiger partial charge < -0.3 is 5.32 Å². The summed E-state index contributed by atoms with van der Waals surface area (Å²) in [4.78, 5) is 12.0. The molecule has 0 bridgehead atoms. The van der Waals surface area contributed by atoms with E-state index >= 15 is 0 Å². The molecule has 0 spiro atoms. The van der Waals surface area contributed by atoms with E-state index in [0.29, 0.717) is 0 Å². The monoisotopic (exact) mass is 281 g/mol. The predicted molar refractivity (Wildman–Crippen MR) is 87.9 cm³/mol. The van der Waals surface area contributed by atoms with E-state index in [2.05, 4.69) is 50.4 Å². The van der Waals surface area contributed by atoms with Crippen molar-refractivity contribution in [2.24, 2.45) is 0 Å². The van der Waals surface area contributed by atoms with Gasteiger partial charge in [0.15, 0.2) is 0 Å². The predicted octanol–water partition coefficient (Wildman–Crippen LogP) is 3.76. The van der Waals surface area contributed by atoms with Crippen molar-refractivity contribution in [1.29, 1.82) is 0 Å². The first-order valence-electron chi connectivity index (χ1n) is 7.39. The van der Waals surface area contributed by atoms with Crippen molar-refractivity contribution >= 4 is 5.91 Å². The average molecular weight is 281 g/mol. The summed E-state index contributed by atoms with van der Waals surface area (Å²) in [6, 6.07) is 12.5. The minimum Gasteiger partial charge on any atom is -0.355 e. The third-order valence-corrected chi connectivity index (χ3v) is 4.02. The highest BCUT2D eigenvalue weighted by Gasteiger charge is 2.12. The number of nitrogens with one attached hydrogen (secondary N) is 1. The number of carbonyl (C=O) groups excluding carboxylic acids is 1. The normalized spacial score (nSPS) is 10.5. The van der Waals surface area contributed by atoms with E-state index in [1.165, 1.54) is 22.3 Å². The van der Waals surface area contributed by atoms with Gasteiger partial charge in [-0.05, 0) is 61.9 Å². The molecule has 0 aliphatic heterocycles. The zero-order chi connectivity index (χ0) is 15.4. The van der Waals surface area contributed by atoms with Gasteiger partial charge in [0.05, 0.1) is 0 Å².